The highest BCUT2D eigenvalue weighted by Gasteiger charge is 2.11. The van der Waals surface area contributed by atoms with Gasteiger partial charge in [-0.25, -0.2) is 4.79 Å². The van der Waals surface area contributed by atoms with Crippen molar-refractivity contribution in [2.75, 3.05) is 13.6 Å². The van der Waals surface area contributed by atoms with Crippen molar-refractivity contribution in [2.24, 2.45) is 0 Å². The number of carbonyl (C=O) groups excluding carboxylic acids is 1. The lowest BCUT2D eigenvalue weighted by molar-refractivity contribution is 0.167. The molecular formula is C12H14N2O2. The van der Waals surface area contributed by atoms with Gasteiger partial charge in [0.15, 0.2) is 0 Å². The number of nitrogens with zero attached hydrogens (tertiary/aromatic N) is 2. The van der Waals surface area contributed by atoms with Crippen molar-refractivity contribution in [1.82, 2.24) is 4.90 Å². The summed E-state index contributed by atoms with van der Waals surface area (Å²) in [6.45, 7) is 3.81. The van der Waals surface area contributed by atoms with E-state index in [0.717, 1.165) is 11.1 Å². The largest absolute Gasteiger partial charge is 0.415 e. The molecule has 0 radical (unpaired) electrons. The van der Waals surface area contributed by atoms with Crippen LogP contribution in [0.25, 0.3) is 0 Å². The number of rotatable bonds is 2. The van der Waals surface area contributed by atoms with E-state index in [0.29, 0.717) is 5.75 Å². The van der Waals surface area contributed by atoms with Crippen LogP contribution in [-0.4, -0.2) is 24.6 Å². The van der Waals surface area contributed by atoms with Gasteiger partial charge in [0.25, 0.3) is 0 Å². The molecule has 0 bridgehead atoms. The van der Waals surface area contributed by atoms with Crippen molar-refractivity contribution in [3.63, 3.8) is 0 Å². The molecule has 0 aromatic heterocycles. The summed E-state index contributed by atoms with van der Waals surface area (Å²) in [6, 6.07) is 7.53. The molecule has 1 rings (SSSR count). The molecule has 4 nitrogen and oxygen atoms in total. The Kier molecular flexibility index (Phi) is 3.90. The minimum Gasteiger partial charge on any atom is -0.410 e. The third kappa shape index (κ3) is 2.99. The molecular weight excluding hydrogens is 204 g/mol. The summed E-state index contributed by atoms with van der Waals surface area (Å²) < 4.78 is 5.18. The van der Waals surface area contributed by atoms with Gasteiger partial charge in [-0.05, 0) is 31.0 Å². The van der Waals surface area contributed by atoms with Crippen molar-refractivity contribution in [2.45, 2.75) is 13.8 Å². The summed E-state index contributed by atoms with van der Waals surface area (Å²) in [5, 5.41) is 8.45. The van der Waals surface area contributed by atoms with Gasteiger partial charge < -0.3 is 4.74 Å². The molecule has 1 aromatic rings. The van der Waals surface area contributed by atoms with Crippen LogP contribution >= 0.6 is 0 Å². The number of hydrogen-bond acceptors (Lipinski definition) is 3. The lowest BCUT2D eigenvalue weighted by atomic mass is 10.1. The maximum atomic E-state index is 11.5. The van der Waals surface area contributed by atoms with Gasteiger partial charge in [0, 0.05) is 7.05 Å². The molecule has 16 heavy (non-hydrogen) atoms. The lowest BCUT2D eigenvalue weighted by Gasteiger charge is -2.14. The normalized spacial score (nSPS) is 9.38. The number of benzene rings is 1. The molecule has 84 valence electrons. The van der Waals surface area contributed by atoms with E-state index < -0.39 is 6.09 Å². The summed E-state index contributed by atoms with van der Waals surface area (Å²) in [5.41, 5.74) is 1.92. The summed E-state index contributed by atoms with van der Waals surface area (Å²) in [7, 11) is 1.52. The number of carbonyl (C=O) groups is 1. The maximum absolute atomic E-state index is 11.5. The fourth-order valence-corrected chi connectivity index (χ4v) is 1.16. The summed E-state index contributed by atoms with van der Waals surface area (Å²) in [4.78, 5) is 12.7. The number of nitriles is 1. The Bertz CT molecular complexity index is 435. The van der Waals surface area contributed by atoms with Crippen molar-refractivity contribution < 1.29 is 9.53 Å². The molecule has 0 spiro atoms. The molecule has 0 atom stereocenters. The molecule has 0 aliphatic heterocycles. The van der Waals surface area contributed by atoms with Crippen LogP contribution in [-0.2, 0) is 0 Å². The van der Waals surface area contributed by atoms with Crippen LogP contribution in [0.5, 0.6) is 5.75 Å². The zero-order chi connectivity index (χ0) is 12.1. The van der Waals surface area contributed by atoms with Crippen LogP contribution in [0.2, 0.25) is 0 Å². The standard InChI is InChI=1S/C12H14N2O2/c1-9-4-5-10(2)11(8-9)16-12(15)14(3)7-6-13/h4-5,8H,7H2,1-3H3. The van der Waals surface area contributed by atoms with Crippen LogP contribution < -0.4 is 4.74 Å². The summed E-state index contributed by atoms with van der Waals surface area (Å²) in [6.07, 6.45) is -0.518. The fourth-order valence-electron chi connectivity index (χ4n) is 1.16. The number of ether oxygens (including phenoxy) is 1. The van der Waals surface area contributed by atoms with E-state index in [-0.39, 0.29) is 6.54 Å². The third-order valence-corrected chi connectivity index (χ3v) is 2.16. The Morgan fingerprint density at radius 3 is 2.81 bits per heavy atom. The third-order valence-electron chi connectivity index (χ3n) is 2.16. The van der Waals surface area contributed by atoms with Crippen LogP contribution in [0.3, 0.4) is 0 Å². The monoisotopic (exact) mass is 218 g/mol. The van der Waals surface area contributed by atoms with Gasteiger partial charge >= 0.3 is 6.09 Å². The average Bonchev–Trinajstić information content (AvgIpc) is 2.23. The van der Waals surface area contributed by atoms with E-state index in [9.17, 15) is 4.79 Å². The van der Waals surface area contributed by atoms with Gasteiger partial charge in [0.2, 0.25) is 0 Å². The van der Waals surface area contributed by atoms with Crippen molar-refractivity contribution >= 4 is 6.09 Å². The van der Waals surface area contributed by atoms with Crippen molar-refractivity contribution in [3.05, 3.63) is 29.3 Å². The second-order valence-electron chi connectivity index (χ2n) is 3.65. The topological polar surface area (TPSA) is 53.3 Å². The Hall–Kier alpha value is -2.02. The summed E-state index contributed by atoms with van der Waals surface area (Å²) in [5.74, 6) is 0.537. The Morgan fingerprint density at radius 2 is 2.19 bits per heavy atom. The SMILES string of the molecule is Cc1ccc(C)c(OC(=O)N(C)CC#N)c1. The van der Waals surface area contributed by atoms with E-state index in [1.807, 2.05) is 32.0 Å². The van der Waals surface area contributed by atoms with Gasteiger partial charge in [0.05, 0.1) is 6.07 Å². The second kappa shape index (κ2) is 5.17. The zero-order valence-electron chi connectivity index (χ0n) is 9.65. The van der Waals surface area contributed by atoms with E-state index >= 15 is 0 Å². The first-order chi connectivity index (χ1) is 7.54. The van der Waals surface area contributed by atoms with Crippen molar-refractivity contribution in [3.8, 4) is 11.8 Å². The van der Waals surface area contributed by atoms with Gasteiger partial charge in [-0.2, -0.15) is 5.26 Å². The lowest BCUT2D eigenvalue weighted by Crippen LogP contribution is -2.30. The molecule has 0 heterocycles. The number of hydrogen-bond donors (Lipinski definition) is 0. The minimum atomic E-state index is -0.518. The number of amides is 1. The highest BCUT2D eigenvalue weighted by Crippen LogP contribution is 2.19. The Balaban J connectivity index is 2.77. The maximum Gasteiger partial charge on any atom is 0.415 e. The average molecular weight is 218 g/mol. The Morgan fingerprint density at radius 1 is 1.50 bits per heavy atom. The highest BCUT2D eigenvalue weighted by atomic mass is 16.6. The smallest absolute Gasteiger partial charge is 0.410 e. The molecule has 0 unspecified atom stereocenters. The molecule has 1 amide bonds. The first-order valence-electron chi connectivity index (χ1n) is 4.91. The molecule has 1 aromatic carbocycles. The van der Waals surface area contributed by atoms with Crippen LogP contribution in [0.1, 0.15) is 11.1 Å². The molecule has 0 saturated heterocycles. The predicted octanol–water partition coefficient (Wildman–Crippen LogP) is 2.26. The zero-order valence-corrected chi connectivity index (χ0v) is 9.65. The van der Waals surface area contributed by atoms with E-state index in [1.165, 1.54) is 11.9 Å². The first kappa shape index (κ1) is 12.1. The van der Waals surface area contributed by atoms with E-state index in [1.54, 1.807) is 6.07 Å². The molecule has 0 aliphatic rings. The molecule has 0 N–H and O–H groups in total. The molecule has 0 fully saturated rings. The van der Waals surface area contributed by atoms with E-state index in [2.05, 4.69) is 0 Å². The van der Waals surface area contributed by atoms with Crippen LogP contribution in [0.4, 0.5) is 4.79 Å². The highest BCUT2D eigenvalue weighted by molar-refractivity contribution is 5.71. The quantitative estimate of drug-likeness (QED) is 0.715. The van der Waals surface area contributed by atoms with Gasteiger partial charge in [-0.15, -0.1) is 0 Å². The van der Waals surface area contributed by atoms with Crippen molar-refractivity contribution in [1.29, 1.82) is 5.26 Å². The van der Waals surface area contributed by atoms with Gasteiger partial charge in [-0.3, -0.25) is 4.90 Å². The van der Waals surface area contributed by atoms with E-state index in [4.69, 9.17) is 10.00 Å². The van der Waals surface area contributed by atoms with Gasteiger partial charge in [0.1, 0.15) is 12.3 Å². The van der Waals surface area contributed by atoms with Crippen LogP contribution in [0.15, 0.2) is 18.2 Å². The Labute approximate surface area is 95.0 Å². The minimum absolute atomic E-state index is 0.0176. The fraction of sp³-hybridized carbons (Fsp3) is 0.333. The number of aryl methyl sites for hydroxylation is 2. The first-order valence-corrected chi connectivity index (χ1v) is 4.91. The predicted molar refractivity (Wildman–Crippen MR) is 60.2 cm³/mol. The second-order valence-corrected chi connectivity index (χ2v) is 3.65. The molecule has 4 heteroatoms. The molecule has 0 aliphatic carbocycles. The molecule has 0 saturated carbocycles. The summed E-state index contributed by atoms with van der Waals surface area (Å²) >= 11 is 0. The van der Waals surface area contributed by atoms with Gasteiger partial charge in [-0.1, -0.05) is 12.1 Å². The van der Waals surface area contributed by atoms with Crippen LogP contribution in [0, 0.1) is 25.2 Å².